The molecule has 0 spiro atoms. The smallest absolute Gasteiger partial charge is 0.315 e. The van der Waals surface area contributed by atoms with Gasteiger partial charge in [0, 0.05) is 13.1 Å². The maximum Gasteiger partial charge on any atom is 0.315 e. The van der Waals surface area contributed by atoms with Gasteiger partial charge in [0.05, 0.1) is 12.6 Å². The lowest BCUT2D eigenvalue weighted by atomic mass is 10.1. The maximum atomic E-state index is 11.7. The van der Waals surface area contributed by atoms with Gasteiger partial charge in [-0.2, -0.15) is 0 Å². The molecule has 0 radical (unpaired) electrons. The van der Waals surface area contributed by atoms with Crippen LogP contribution in [-0.2, 0) is 13.1 Å². The van der Waals surface area contributed by atoms with Crippen LogP contribution in [0.2, 0.25) is 0 Å². The Morgan fingerprint density at radius 2 is 1.86 bits per heavy atom. The standard InChI is InChI=1S/C16H27N3O2/c1-4-19(5-2)11-15-9-7-6-8-14(15)10-17-16(21)18-13(3)12-20/h6-9,13,20H,4-5,10-12H2,1-3H3,(H2,17,18,21). The summed E-state index contributed by atoms with van der Waals surface area (Å²) >= 11 is 0. The molecule has 1 unspecified atom stereocenters. The summed E-state index contributed by atoms with van der Waals surface area (Å²) in [6.07, 6.45) is 0. The molecule has 21 heavy (non-hydrogen) atoms. The van der Waals surface area contributed by atoms with Crippen molar-refractivity contribution in [1.82, 2.24) is 15.5 Å². The monoisotopic (exact) mass is 293 g/mol. The summed E-state index contributed by atoms with van der Waals surface area (Å²) in [6, 6.07) is 7.65. The van der Waals surface area contributed by atoms with Crippen molar-refractivity contribution in [1.29, 1.82) is 0 Å². The molecule has 0 aliphatic carbocycles. The first kappa shape index (κ1) is 17.5. The summed E-state index contributed by atoms with van der Waals surface area (Å²) in [5.41, 5.74) is 2.35. The minimum atomic E-state index is -0.255. The lowest BCUT2D eigenvalue weighted by Crippen LogP contribution is -2.42. The van der Waals surface area contributed by atoms with E-state index in [4.69, 9.17) is 5.11 Å². The predicted octanol–water partition coefficient (Wildman–Crippen LogP) is 1.71. The molecule has 1 aromatic rings. The van der Waals surface area contributed by atoms with Gasteiger partial charge in [-0.15, -0.1) is 0 Å². The highest BCUT2D eigenvalue weighted by atomic mass is 16.3. The molecule has 0 saturated heterocycles. The van der Waals surface area contributed by atoms with E-state index >= 15 is 0 Å². The van der Waals surface area contributed by atoms with Gasteiger partial charge < -0.3 is 15.7 Å². The second-order valence-electron chi connectivity index (χ2n) is 5.14. The Hall–Kier alpha value is -1.59. The third kappa shape index (κ3) is 6.14. The normalized spacial score (nSPS) is 12.2. The molecule has 2 amide bonds. The number of rotatable bonds is 8. The van der Waals surface area contributed by atoms with E-state index in [0.717, 1.165) is 25.2 Å². The van der Waals surface area contributed by atoms with Gasteiger partial charge in [-0.05, 0) is 31.1 Å². The van der Waals surface area contributed by atoms with Gasteiger partial charge >= 0.3 is 6.03 Å². The topological polar surface area (TPSA) is 64.6 Å². The molecule has 0 bridgehead atoms. The Labute approximate surface area is 127 Å². The largest absolute Gasteiger partial charge is 0.394 e. The first-order valence-electron chi connectivity index (χ1n) is 7.55. The van der Waals surface area contributed by atoms with E-state index in [-0.39, 0.29) is 18.7 Å². The number of urea groups is 1. The second kappa shape index (κ2) is 9.37. The second-order valence-corrected chi connectivity index (χ2v) is 5.14. The zero-order valence-corrected chi connectivity index (χ0v) is 13.2. The number of benzene rings is 1. The maximum absolute atomic E-state index is 11.7. The summed E-state index contributed by atoms with van der Waals surface area (Å²) in [5.74, 6) is 0. The van der Waals surface area contributed by atoms with E-state index in [1.54, 1.807) is 6.92 Å². The highest BCUT2D eigenvalue weighted by Gasteiger charge is 2.09. The lowest BCUT2D eigenvalue weighted by Gasteiger charge is -2.20. The molecule has 0 saturated carbocycles. The Bertz CT molecular complexity index is 433. The number of amides is 2. The third-order valence-electron chi connectivity index (χ3n) is 3.50. The van der Waals surface area contributed by atoms with Crippen LogP contribution in [0.4, 0.5) is 4.79 Å². The Morgan fingerprint density at radius 1 is 1.24 bits per heavy atom. The number of nitrogens with zero attached hydrogens (tertiary/aromatic N) is 1. The zero-order chi connectivity index (χ0) is 15.7. The predicted molar refractivity (Wildman–Crippen MR) is 85.0 cm³/mol. The number of nitrogens with one attached hydrogen (secondary N) is 2. The summed E-state index contributed by atoms with van der Waals surface area (Å²) in [5, 5.41) is 14.4. The first-order valence-corrected chi connectivity index (χ1v) is 7.55. The quantitative estimate of drug-likeness (QED) is 0.683. The van der Waals surface area contributed by atoms with Crippen molar-refractivity contribution in [2.45, 2.75) is 39.9 Å². The lowest BCUT2D eigenvalue weighted by molar-refractivity contribution is 0.220. The molecule has 0 fully saturated rings. The highest BCUT2D eigenvalue weighted by Crippen LogP contribution is 2.11. The van der Waals surface area contributed by atoms with E-state index < -0.39 is 0 Å². The van der Waals surface area contributed by atoms with Gasteiger partial charge in [-0.1, -0.05) is 38.1 Å². The van der Waals surface area contributed by atoms with Crippen LogP contribution in [0.5, 0.6) is 0 Å². The Kier molecular flexibility index (Phi) is 7.79. The minimum Gasteiger partial charge on any atom is -0.394 e. The van der Waals surface area contributed by atoms with Gasteiger partial charge in [0.2, 0.25) is 0 Å². The Balaban J connectivity index is 2.60. The molecule has 5 nitrogen and oxygen atoms in total. The minimum absolute atomic E-state index is 0.0635. The van der Waals surface area contributed by atoms with Crippen LogP contribution in [0.25, 0.3) is 0 Å². The molecular weight excluding hydrogens is 266 g/mol. The zero-order valence-electron chi connectivity index (χ0n) is 13.2. The fourth-order valence-corrected chi connectivity index (χ4v) is 2.07. The van der Waals surface area contributed by atoms with Crippen molar-refractivity contribution >= 4 is 6.03 Å². The average Bonchev–Trinajstić information content (AvgIpc) is 2.51. The SMILES string of the molecule is CCN(CC)Cc1ccccc1CNC(=O)NC(C)CO. The van der Waals surface area contributed by atoms with E-state index in [2.05, 4.69) is 35.4 Å². The molecular formula is C16H27N3O2. The van der Waals surface area contributed by atoms with E-state index in [9.17, 15) is 4.79 Å². The van der Waals surface area contributed by atoms with Crippen LogP contribution in [0.1, 0.15) is 31.9 Å². The average molecular weight is 293 g/mol. The fraction of sp³-hybridized carbons (Fsp3) is 0.562. The van der Waals surface area contributed by atoms with E-state index in [1.807, 2.05) is 18.2 Å². The number of carbonyl (C=O) groups excluding carboxylic acids is 1. The van der Waals surface area contributed by atoms with Crippen LogP contribution < -0.4 is 10.6 Å². The molecule has 0 aromatic heterocycles. The molecule has 1 rings (SSSR count). The van der Waals surface area contributed by atoms with Gasteiger partial charge in [0.15, 0.2) is 0 Å². The first-order chi connectivity index (χ1) is 10.1. The molecule has 5 heteroatoms. The van der Waals surface area contributed by atoms with Gasteiger partial charge in [-0.3, -0.25) is 4.90 Å². The van der Waals surface area contributed by atoms with Gasteiger partial charge in [-0.25, -0.2) is 4.79 Å². The molecule has 1 aromatic carbocycles. The van der Waals surface area contributed by atoms with Gasteiger partial charge in [0.1, 0.15) is 0 Å². The van der Waals surface area contributed by atoms with Crippen molar-refractivity contribution in [3.63, 3.8) is 0 Å². The highest BCUT2D eigenvalue weighted by molar-refractivity contribution is 5.74. The number of hydrogen-bond acceptors (Lipinski definition) is 3. The van der Waals surface area contributed by atoms with Crippen molar-refractivity contribution in [3.8, 4) is 0 Å². The molecule has 0 aliphatic heterocycles. The van der Waals surface area contributed by atoms with Gasteiger partial charge in [0.25, 0.3) is 0 Å². The molecule has 1 atom stereocenters. The summed E-state index contributed by atoms with van der Waals surface area (Å²) in [4.78, 5) is 14.0. The molecule has 0 aliphatic rings. The number of aliphatic hydroxyl groups excluding tert-OH is 1. The molecule has 0 heterocycles. The summed E-state index contributed by atoms with van der Waals surface area (Å²) < 4.78 is 0. The Morgan fingerprint density at radius 3 is 2.43 bits per heavy atom. The van der Waals surface area contributed by atoms with Crippen molar-refractivity contribution < 1.29 is 9.90 Å². The molecule has 3 N–H and O–H groups in total. The van der Waals surface area contributed by atoms with E-state index in [0.29, 0.717) is 6.54 Å². The number of carbonyl (C=O) groups is 1. The van der Waals surface area contributed by atoms with Crippen LogP contribution in [-0.4, -0.2) is 41.8 Å². The van der Waals surface area contributed by atoms with E-state index in [1.165, 1.54) is 5.56 Å². The molecule has 118 valence electrons. The van der Waals surface area contributed by atoms with Crippen LogP contribution >= 0.6 is 0 Å². The summed E-state index contributed by atoms with van der Waals surface area (Å²) in [6.45, 7) is 9.38. The fourth-order valence-electron chi connectivity index (χ4n) is 2.07. The third-order valence-corrected chi connectivity index (χ3v) is 3.50. The van der Waals surface area contributed by atoms with Crippen molar-refractivity contribution in [2.75, 3.05) is 19.7 Å². The van der Waals surface area contributed by atoms with Crippen LogP contribution in [0, 0.1) is 0 Å². The number of hydrogen-bond donors (Lipinski definition) is 3. The number of aliphatic hydroxyl groups is 1. The van der Waals surface area contributed by atoms with Crippen LogP contribution in [0.3, 0.4) is 0 Å². The van der Waals surface area contributed by atoms with Crippen molar-refractivity contribution in [2.24, 2.45) is 0 Å². The van der Waals surface area contributed by atoms with Crippen LogP contribution in [0.15, 0.2) is 24.3 Å². The van der Waals surface area contributed by atoms with Crippen molar-refractivity contribution in [3.05, 3.63) is 35.4 Å². The summed E-state index contributed by atoms with van der Waals surface area (Å²) in [7, 11) is 0.